The highest BCUT2D eigenvalue weighted by Crippen LogP contribution is 2.23. The molecule has 0 radical (unpaired) electrons. The number of likely N-dealkylation sites (tertiary alicyclic amines) is 1. The van der Waals surface area contributed by atoms with Crippen molar-refractivity contribution in [3.8, 4) is 0 Å². The Morgan fingerprint density at radius 1 is 1.43 bits per heavy atom. The van der Waals surface area contributed by atoms with Crippen LogP contribution in [-0.4, -0.2) is 29.2 Å². The predicted molar refractivity (Wildman–Crippen MR) is 86.0 cm³/mol. The fourth-order valence-corrected chi connectivity index (χ4v) is 3.13. The first kappa shape index (κ1) is 16.5. The third-order valence-electron chi connectivity index (χ3n) is 4.20. The molecule has 21 heavy (non-hydrogen) atoms. The molecular weight excluding hydrogens is 262 g/mol. The highest BCUT2D eigenvalue weighted by molar-refractivity contribution is 5.05. The SMILES string of the molecule is CCCC1CCCCN1Cc1cc(CNCC(C)C)no1. The average Bonchev–Trinajstić information content (AvgIpc) is 2.88. The summed E-state index contributed by atoms with van der Waals surface area (Å²) < 4.78 is 5.52. The Labute approximate surface area is 129 Å². The minimum Gasteiger partial charge on any atom is -0.360 e. The Morgan fingerprint density at radius 2 is 2.29 bits per heavy atom. The second kappa shape index (κ2) is 8.54. The molecule has 1 saturated heterocycles. The first-order chi connectivity index (χ1) is 10.2. The van der Waals surface area contributed by atoms with Crippen LogP contribution in [0.15, 0.2) is 10.6 Å². The molecule has 120 valence electrons. The Balaban J connectivity index is 1.83. The molecule has 0 amide bonds. The van der Waals surface area contributed by atoms with E-state index in [0.717, 1.165) is 37.1 Å². The first-order valence-electron chi connectivity index (χ1n) is 8.58. The van der Waals surface area contributed by atoms with Crippen LogP contribution >= 0.6 is 0 Å². The molecule has 1 aliphatic rings. The summed E-state index contributed by atoms with van der Waals surface area (Å²) in [6.07, 6.45) is 6.60. The van der Waals surface area contributed by atoms with Gasteiger partial charge in [0.2, 0.25) is 0 Å². The molecule has 1 unspecified atom stereocenters. The molecule has 0 aliphatic carbocycles. The van der Waals surface area contributed by atoms with Crippen molar-refractivity contribution < 1.29 is 4.52 Å². The summed E-state index contributed by atoms with van der Waals surface area (Å²) in [5.74, 6) is 1.68. The van der Waals surface area contributed by atoms with E-state index in [0.29, 0.717) is 5.92 Å². The van der Waals surface area contributed by atoms with Gasteiger partial charge in [-0.05, 0) is 38.3 Å². The number of hydrogen-bond donors (Lipinski definition) is 1. The maximum atomic E-state index is 5.52. The van der Waals surface area contributed by atoms with Gasteiger partial charge < -0.3 is 9.84 Å². The molecule has 1 aromatic rings. The van der Waals surface area contributed by atoms with Crippen molar-refractivity contribution in [2.45, 2.75) is 72.0 Å². The van der Waals surface area contributed by atoms with Gasteiger partial charge in [0.15, 0.2) is 5.76 Å². The van der Waals surface area contributed by atoms with E-state index in [1.807, 2.05) is 0 Å². The van der Waals surface area contributed by atoms with E-state index in [9.17, 15) is 0 Å². The minimum absolute atomic E-state index is 0.666. The summed E-state index contributed by atoms with van der Waals surface area (Å²) in [4.78, 5) is 2.58. The predicted octanol–water partition coefficient (Wildman–Crippen LogP) is 3.57. The largest absolute Gasteiger partial charge is 0.360 e. The van der Waals surface area contributed by atoms with Gasteiger partial charge in [0.05, 0.1) is 12.2 Å². The van der Waals surface area contributed by atoms with Crippen LogP contribution in [0.25, 0.3) is 0 Å². The number of aromatic nitrogens is 1. The minimum atomic E-state index is 0.666. The summed E-state index contributed by atoms with van der Waals surface area (Å²) in [7, 11) is 0. The smallest absolute Gasteiger partial charge is 0.151 e. The summed E-state index contributed by atoms with van der Waals surface area (Å²) in [5.41, 5.74) is 1.02. The van der Waals surface area contributed by atoms with Crippen molar-refractivity contribution in [2.75, 3.05) is 13.1 Å². The van der Waals surface area contributed by atoms with E-state index in [1.54, 1.807) is 0 Å². The number of nitrogens with one attached hydrogen (secondary N) is 1. The lowest BCUT2D eigenvalue weighted by molar-refractivity contribution is 0.118. The van der Waals surface area contributed by atoms with Crippen LogP contribution in [0, 0.1) is 5.92 Å². The lowest BCUT2D eigenvalue weighted by Crippen LogP contribution is -2.38. The Hall–Kier alpha value is -0.870. The van der Waals surface area contributed by atoms with Crippen molar-refractivity contribution in [2.24, 2.45) is 5.92 Å². The fourth-order valence-electron chi connectivity index (χ4n) is 3.13. The van der Waals surface area contributed by atoms with Crippen molar-refractivity contribution in [1.82, 2.24) is 15.4 Å². The van der Waals surface area contributed by atoms with E-state index >= 15 is 0 Å². The molecule has 0 aromatic carbocycles. The Kier molecular flexibility index (Phi) is 6.71. The topological polar surface area (TPSA) is 41.3 Å². The van der Waals surface area contributed by atoms with E-state index in [4.69, 9.17) is 4.52 Å². The van der Waals surface area contributed by atoms with E-state index in [1.165, 1.54) is 38.6 Å². The molecule has 2 rings (SSSR count). The average molecular weight is 293 g/mol. The molecule has 1 fully saturated rings. The second-order valence-corrected chi connectivity index (χ2v) is 6.72. The Morgan fingerprint density at radius 3 is 3.05 bits per heavy atom. The maximum absolute atomic E-state index is 5.52. The first-order valence-corrected chi connectivity index (χ1v) is 8.58. The second-order valence-electron chi connectivity index (χ2n) is 6.72. The summed E-state index contributed by atoms with van der Waals surface area (Å²) in [6, 6.07) is 2.85. The Bertz CT molecular complexity index is 400. The molecular formula is C17H31N3O. The van der Waals surface area contributed by atoms with Crippen LogP contribution in [0.1, 0.15) is 64.3 Å². The van der Waals surface area contributed by atoms with E-state index < -0.39 is 0 Å². The zero-order valence-electron chi connectivity index (χ0n) is 13.9. The van der Waals surface area contributed by atoms with Gasteiger partial charge in [-0.3, -0.25) is 4.90 Å². The van der Waals surface area contributed by atoms with Crippen LogP contribution in [0.4, 0.5) is 0 Å². The van der Waals surface area contributed by atoms with Crippen LogP contribution in [0.5, 0.6) is 0 Å². The van der Waals surface area contributed by atoms with Crippen molar-refractivity contribution in [3.05, 3.63) is 17.5 Å². The fraction of sp³-hybridized carbons (Fsp3) is 0.824. The van der Waals surface area contributed by atoms with Gasteiger partial charge >= 0.3 is 0 Å². The molecule has 0 saturated carbocycles. The van der Waals surface area contributed by atoms with Gasteiger partial charge in [-0.2, -0.15) is 0 Å². The quantitative estimate of drug-likeness (QED) is 0.795. The van der Waals surface area contributed by atoms with E-state index in [2.05, 4.69) is 42.2 Å². The number of rotatable bonds is 8. The van der Waals surface area contributed by atoms with Crippen molar-refractivity contribution in [3.63, 3.8) is 0 Å². The summed E-state index contributed by atoms with van der Waals surface area (Å²) in [5, 5.41) is 7.60. The number of hydrogen-bond acceptors (Lipinski definition) is 4. The van der Waals surface area contributed by atoms with E-state index in [-0.39, 0.29) is 0 Å². The monoisotopic (exact) mass is 293 g/mol. The molecule has 1 N–H and O–H groups in total. The van der Waals surface area contributed by atoms with Crippen molar-refractivity contribution in [1.29, 1.82) is 0 Å². The molecule has 1 atom stereocenters. The van der Waals surface area contributed by atoms with Gasteiger partial charge in [-0.25, -0.2) is 0 Å². The number of piperidine rings is 1. The zero-order chi connectivity index (χ0) is 15.1. The standard InChI is InChI=1S/C17H31N3O/c1-4-7-16-8-5-6-9-20(16)13-17-10-15(19-21-17)12-18-11-14(2)3/h10,14,16,18H,4-9,11-13H2,1-3H3. The summed E-state index contributed by atoms with van der Waals surface area (Å²) in [6.45, 7) is 10.7. The molecule has 4 heteroatoms. The lowest BCUT2D eigenvalue weighted by Gasteiger charge is -2.34. The molecule has 2 heterocycles. The van der Waals surface area contributed by atoms with Crippen LogP contribution in [0.2, 0.25) is 0 Å². The maximum Gasteiger partial charge on any atom is 0.151 e. The molecule has 0 spiro atoms. The lowest BCUT2D eigenvalue weighted by atomic mass is 9.98. The van der Waals surface area contributed by atoms with Crippen LogP contribution in [-0.2, 0) is 13.1 Å². The van der Waals surface area contributed by atoms with Gasteiger partial charge in [0, 0.05) is 18.7 Å². The molecule has 1 aromatic heterocycles. The molecule has 0 bridgehead atoms. The molecule has 4 nitrogen and oxygen atoms in total. The third-order valence-corrected chi connectivity index (χ3v) is 4.20. The van der Waals surface area contributed by atoms with Gasteiger partial charge in [0.1, 0.15) is 0 Å². The summed E-state index contributed by atoms with van der Waals surface area (Å²) >= 11 is 0. The third kappa shape index (κ3) is 5.44. The highest BCUT2D eigenvalue weighted by atomic mass is 16.5. The van der Waals surface area contributed by atoms with Gasteiger partial charge in [-0.15, -0.1) is 0 Å². The normalized spacial score (nSPS) is 20.3. The van der Waals surface area contributed by atoms with Crippen LogP contribution in [0.3, 0.4) is 0 Å². The highest BCUT2D eigenvalue weighted by Gasteiger charge is 2.22. The zero-order valence-corrected chi connectivity index (χ0v) is 13.9. The molecule has 1 aliphatic heterocycles. The van der Waals surface area contributed by atoms with Crippen LogP contribution < -0.4 is 5.32 Å². The number of nitrogens with zero attached hydrogens (tertiary/aromatic N) is 2. The van der Waals surface area contributed by atoms with Gasteiger partial charge in [-0.1, -0.05) is 38.8 Å². The van der Waals surface area contributed by atoms with Gasteiger partial charge in [0.25, 0.3) is 0 Å². The van der Waals surface area contributed by atoms with Crippen molar-refractivity contribution >= 4 is 0 Å².